The highest BCUT2D eigenvalue weighted by Crippen LogP contribution is 2.39. The molecule has 2 aliphatic heterocycles. The van der Waals surface area contributed by atoms with Gasteiger partial charge in [0.15, 0.2) is 0 Å². The number of nitrogens with zero attached hydrogens (tertiary/aromatic N) is 2. The Balaban J connectivity index is 1.68. The lowest BCUT2D eigenvalue weighted by atomic mass is 9.71. The van der Waals surface area contributed by atoms with Gasteiger partial charge in [-0.05, 0) is 64.7 Å². The molecule has 0 bridgehead atoms. The molecule has 0 radical (unpaired) electrons. The molecule has 0 saturated heterocycles. The number of nitrogens with one attached hydrogen (secondary N) is 3. The fourth-order valence-corrected chi connectivity index (χ4v) is 4.07. The number of amides is 1. The Morgan fingerprint density at radius 1 is 1.37 bits per heavy atom. The number of carbonyl (C=O) groups excluding carboxylic acids is 1. The zero-order valence-electron chi connectivity index (χ0n) is 17.7. The quantitative estimate of drug-likeness (QED) is 0.517. The van der Waals surface area contributed by atoms with Gasteiger partial charge in [0, 0.05) is 23.7 Å². The van der Waals surface area contributed by atoms with Crippen molar-refractivity contribution in [2.24, 2.45) is 5.92 Å². The molecule has 30 heavy (non-hydrogen) atoms. The van der Waals surface area contributed by atoms with E-state index in [4.69, 9.17) is 4.98 Å². The van der Waals surface area contributed by atoms with Gasteiger partial charge in [-0.2, -0.15) is 5.26 Å². The fourth-order valence-electron chi connectivity index (χ4n) is 4.07. The predicted molar refractivity (Wildman–Crippen MR) is 116 cm³/mol. The van der Waals surface area contributed by atoms with E-state index in [1.165, 1.54) is 0 Å². The molecule has 1 aliphatic carbocycles. The Kier molecular flexibility index (Phi) is 4.91. The number of rotatable bonds is 5. The molecule has 3 aliphatic rings. The number of nitriles is 1. The first-order valence-electron chi connectivity index (χ1n) is 10.3. The summed E-state index contributed by atoms with van der Waals surface area (Å²) < 4.78 is 0. The topological polar surface area (TPSA) is 114 Å². The van der Waals surface area contributed by atoms with E-state index in [0.717, 1.165) is 29.4 Å². The monoisotopic (exact) mass is 405 g/mol. The van der Waals surface area contributed by atoms with Crippen LogP contribution in [0.2, 0.25) is 0 Å². The van der Waals surface area contributed by atoms with Gasteiger partial charge in [-0.15, -0.1) is 0 Å². The standard InChI is InChI=1S/C23H27N5O2/c1-12(2)26-20-17(22(29)27-15-8-14(9-15)23(3,4)30)11-25-19-16-6-5-13(10-24)7-18(16)28-21(19)20/h5-7,11-12,14-15,25-26,30H,8-9H2,1-4H3,(H,27,29). The minimum atomic E-state index is -0.722. The number of hydrogen-bond acceptors (Lipinski definition) is 5. The van der Waals surface area contributed by atoms with Gasteiger partial charge in [-0.25, -0.2) is 4.98 Å². The highest BCUT2D eigenvalue weighted by Gasteiger charge is 2.39. The zero-order valence-corrected chi connectivity index (χ0v) is 17.7. The first kappa shape index (κ1) is 20.2. The van der Waals surface area contributed by atoms with Gasteiger partial charge in [0.1, 0.15) is 5.69 Å². The molecule has 0 aromatic heterocycles. The van der Waals surface area contributed by atoms with E-state index in [1.54, 1.807) is 18.3 Å². The van der Waals surface area contributed by atoms with Gasteiger partial charge in [0.05, 0.1) is 39.7 Å². The fraction of sp³-hybridized carbons (Fsp3) is 0.435. The van der Waals surface area contributed by atoms with Gasteiger partial charge in [0.25, 0.3) is 5.91 Å². The number of aromatic amines is 1. The van der Waals surface area contributed by atoms with Crippen molar-refractivity contribution in [2.75, 3.05) is 5.32 Å². The molecule has 1 amide bonds. The van der Waals surface area contributed by atoms with E-state index in [1.807, 2.05) is 33.8 Å². The van der Waals surface area contributed by atoms with E-state index in [-0.39, 0.29) is 23.9 Å². The molecule has 7 nitrogen and oxygen atoms in total. The Bertz CT molecular complexity index is 1110. The Hall–Kier alpha value is -3.11. The number of fused-ring (bicyclic) bond motifs is 3. The molecule has 4 rings (SSSR count). The maximum absolute atomic E-state index is 13.1. The van der Waals surface area contributed by atoms with Crippen molar-refractivity contribution in [1.82, 2.24) is 15.3 Å². The Morgan fingerprint density at radius 2 is 2.10 bits per heavy atom. The summed E-state index contributed by atoms with van der Waals surface area (Å²) in [4.78, 5) is 21.0. The predicted octanol–water partition coefficient (Wildman–Crippen LogP) is 3.64. The third-order valence-corrected chi connectivity index (χ3v) is 5.88. The van der Waals surface area contributed by atoms with Crippen molar-refractivity contribution in [2.45, 2.75) is 58.2 Å². The normalized spacial score (nSPS) is 19.0. The molecule has 4 N–H and O–H groups in total. The van der Waals surface area contributed by atoms with Gasteiger partial charge in [-0.3, -0.25) is 4.79 Å². The molecule has 1 aromatic rings. The third kappa shape index (κ3) is 3.59. The van der Waals surface area contributed by atoms with Crippen molar-refractivity contribution in [3.63, 3.8) is 0 Å². The lowest BCUT2D eigenvalue weighted by molar-refractivity contribution is -0.0309. The molecule has 1 fully saturated rings. The van der Waals surface area contributed by atoms with Crippen molar-refractivity contribution in [3.05, 3.63) is 35.5 Å². The summed E-state index contributed by atoms with van der Waals surface area (Å²) in [7, 11) is 0. The number of anilines is 1. The van der Waals surface area contributed by atoms with Crippen LogP contribution in [0.15, 0.2) is 24.4 Å². The second-order valence-electron chi connectivity index (χ2n) is 9.05. The number of carbonyl (C=O) groups is 1. The summed E-state index contributed by atoms with van der Waals surface area (Å²) in [5.74, 6) is 0.0294. The van der Waals surface area contributed by atoms with Gasteiger partial charge in [-0.1, -0.05) is 0 Å². The van der Waals surface area contributed by atoms with Crippen LogP contribution in [0.1, 0.15) is 56.5 Å². The van der Waals surface area contributed by atoms with Gasteiger partial charge >= 0.3 is 0 Å². The maximum atomic E-state index is 13.1. The van der Waals surface area contributed by atoms with E-state index >= 15 is 0 Å². The van der Waals surface area contributed by atoms with E-state index < -0.39 is 5.60 Å². The molecular weight excluding hydrogens is 378 g/mol. The maximum Gasteiger partial charge on any atom is 0.255 e. The summed E-state index contributed by atoms with van der Waals surface area (Å²) in [5, 5.41) is 26.7. The number of H-pyrrole nitrogens is 1. The molecule has 7 heteroatoms. The highest BCUT2D eigenvalue weighted by molar-refractivity contribution is 6.07. The van der Waals surface area contributed by atoms with Crippen LogP contribution < -0.4 is 10.6 Å². The summed E-state index contributed by atoms with van der Waals surface area (Å²) in [6.45, 7) is 7.65. The van der Waals surface area contributed by atoms with E-state index in [0.29, 0.717) is 22.5 Å². The molecule has 1 saturated carbocycles. The molecule has 2 heterocycles. The number of aliphatic hydroxyl groups is 1. The number of benzene rings is 1. The van der Waals surface area contributed by atoms with Crippen LogP contribution in [0.3, 0.4) is 0 Å². The minimum absolute atomic E-state index is 0.0569. The zero-order chi connectivity index (χ0) is 21.6. The van der Waals surface area contributed by atoms with Crippen molar-refractivity contribution >= 4 is 22.5 Å². The molecule has 156 valence electrons. The summed E-state index contributed by atoms with van der Waals surface area (Å²) >= 11 is 0. The Labute approximate surface area is 175 Å². The van der Waals surface area contributed by atoms with Crippen LogP contribution in [0.5, 0.6) is 0 Å². The molecule has 0 unspecified atom stereocenters. The van der Waals surface area contributed by atoms with Gasteiger partial charge in [0.2, 0.25) is 0 Å². The average molecular weight is 406 g/mol. The van der Waals surface area contributed by atoms with Crippen molar-refractivity contribution in [3.8, 4) is 17.5 Å². The first-order valence-corrected chi connectivity index (χ1v) is 10.3. The highest BCUT2D eigenvalue weighted by atomic mass is 16.3. The second kappa shape index (κ2) is 7.29. The summed E-state index contributed by atoms with van der Waals surface area (Å²) in [6, 6.07) is 7.71. The van der Waals surface area contributed by atoms with Crippen LogP contribution in [0, 0.1) is 17.2 Å². The lowest BCUT2D eigenvalue weighted by Crippen LogP contribution is -2.51. The first-order chi connectivity index (χ1) is 14.2. The smallest absolute Gasteiger partial charge is 0.255 e. The van der Waals surface area contributed by atoms with Crippen molar-refractivity contribution in [1.29, 1.82) is 5.26 Å². The number of aromatic nitrogens is 2. The lowest BCUT2D eigenvalue weighted by Gasteiger charge is -2.42. The molecule has 0 spiro atoms. The summed E-state index contributed by atoms with van der Waals surface area (Å²) in [6.07, 6.45) is 3.25. The van der Waals surface area contributed by atoms with Crippen LogP contribution in [0.25, 0.3) is 22.3 Å². The number of pyridine rings is 1. The van der Waals surface area contributed by atoms with Crippen LogP contribution in [0.4, 0.5) is 5.69 Å². The van der Waals surface area contributed by atoms with Crippen LogP contribution in [-0.4, -0.2) is 38.7 Å². The third-order valence-electron chi connectivity index (χ3n) is 5.88. The van der Waals surface area contributed by atoms with Gasteiger partial charge < -0.3 is 20.7 Å². The van der Waals surface area contributed by atoms with Crippen molar-refractivity contribution < 1.29 is 9.90 Å². The average Bonchev–Trinajstić information content (AvgIpc) is 3.01. The second-order valence-corrected chi connectivity index (χ2v) is 9.05. The molecule has 0 atom stereocenters. The minimum Gasteiger partial charge on any atom is -0.390 e. The Morgan fingerprint density at radius 3 is 2.73 bits per heavy atom. The van der Waals surface area contributed by atoms with E-state index in [2.05, 4.69) is 21.7 Å². The number of hydrogen-bond donors (Lipinski definition) is 4. The van der Waals surface area contributed by atoms with E-state index in [9.17, 15) is 15.2 Å². The van der Waals surface area contributed by atoms with Crippen LogP contribution >= 0.6 is 0 Å². The molecule has 1 aromatic carbocycles. The SMILES string of the molecule is CC(C)Nc1c(C(=O)NC2CC(C(C)(C)O)C2)c[nH]c2c3ccc(C#N)cc3nc1-2. The van der Waals surface area contributed by atoms with Crippen LogP contribution in [-0.2, 0) is 0 Å². The summed E-state index contributed by atoms with van der Waals surface area (Å²) in [5.41, 5.74) is 3.25. The largest absolute Gasteiger partial charge is 0.390 e. The molecular formula is C23H27N5O2.